The molecule has 5 aromatic carbocycles. The lowest BCUT2D eigenvalue weighted by Crippen LogP contribution is -2.21. The van der Waals surface area contributed by atoms with Crippen molar-refractivity contribution in [1.29, 1.82) is 0 Å². The smallest absolute Gasteiger partial charge is 0.0592 e. The van der Waals surface area contributed by atoms with Crippen LogP contribution in [0.5, 0.6) is 0 Å². The van der Waals surface area contributed by atoms with Gasteiger partial charge in [0.15, 0.2) is 0 Å². The Bertz CT molecular complexity index is 1410. The first-order chi connectivity index (χ1) is 17.5. The van der Waals surface area contributed by atoms with E-state index in [0.717, 1.165) is 0 Å². The lowest BCUT2D eigenvalue weighted by molar-refractivity contribution is 0.590. The predicted molar refractivity (Wildman–Crippen MR) is 153 cm³/mol. The highest BCUT2D eigenvalue weighted by atomic mass is 32.3. The molecule has 2 heteroatoms. The van der Waals surface area contributed by atoms with Gasteiger partial charge in [-0.2, -0.15) is 0 Å². The van der Waals surface area contributed by atoms with Crippen molar-refractivity contribution in [2.24, 2.45) is 0 Å². The molecule has 0 bridgehead atoms. The van der Waals surface area contributed by atoms with Crippen molar-refractivity contribution in [3.8, 4) is 0 Å². The van der Waals surface area contributed by atoms with E-state index in [2.05, 4.69) is 159 Å². The van der Waals surface area contributed by atoms with Crippen LogP contribution in [0, 0.1) is 0 Å². The van der Waals surface area contributed by atoms with Gasteiger partial charge in [0.05, 0.1) is 11.4 Å². The van der Waals surface area contributed by atoms with Crippen LogP contribution >= 0.6 is 10.0 Å². The van der Waals surface area contributed by atoms with Gasteiger partial charge in [-0.1, -0.05) is 93.6 Å². The number of rotatable bonds is 3. The third-order valence-corrected chi connectivity index (χ3v) is 11.0. The first-order valence-corrected chi connectivity index (χ1v) is 14.2. The van der Waals surface area contributed by atoms with Crippen LogP contribution in [0.2, 0.25) is 0 Å². The third-order valence-electron chi connectivity index (χ3n) is 7.06. The molecule has 0 atom stereocenters. The monoisotopic (exact) mass is 485 g/mol. The van der Waals surface area contributed by atoms with Gasteiger partial charge in [-0.05, 0) is 71.6 Å². The molecule has 0 radical (unpaired) electrons. The molecule has 0 saturated carbocycles. The Labute approximate surface area is 216 Å². The first-order valence-electron chi connectivity index (χ1n) is 12.5. The average molecular weight is 486 g/mol. The fraction of sp³-hybridized carbons (Fsp3) is 0.118. The molecule has 0 aliphatic carbocycles. The van der Waals surface area contributed by atoms with Gasteiger partial charge in [-0.15, -0.1) is 10.0 Å². The molecule has 0 unspecified atom stereocenters. The molecule has 1 nitrogen and oxygen atoms in total. The molecule has 0 spiro atoms. The molecule has 0 saturated heterocycles. The minimum Gasteiger partial charge on any atom is -0.308 e. The van der Waals surface area contributed by atoms with Gasteiger partial charge in [0.25, 0.3) is 0 Å². The molecular weight excluding hydrogens is 454 g/mol. The molecule has 0 fully saturated rings. The zero-order chi connectivity index (χ0) is 24.8. The van der Waals surface area contributed by atoms with Crippen molar-refractivity contribution in [3.63, 3.8) is 0 Å². The number of anilines is 3. The van der Waals surface area contributed by atoms with Crippen molar-refractivity contribution in [3.05, 3.63) is 139 Å². The largest absolute Gasteiger partial charge is 0.308 e. The number of hydrogen-bond donors (Lipinski definition) is 0. The zero-order valence-corrected chi connectivity index (χ0v) is 21.9. The molecule has 1 aliphatic heterocycles. The summed E-state index contributed by atoms with van der Waals surface area (Å²) in [6, 6.07) is 49.3. The number of para-hydroxylation sites is 2. The quantitative estimate of drug-likeness (QED) is 0.241. The molecule has 0 amide bonds. The summed E-state index contributed by atoms with van der Waals surface area (Å²) in [4.78, 5) is 7.92. The highest BCUT2D eigenvalue weighted by Gasteiger charge is 2.42. The average Bonchev–Trinajstić information content (AvgIpc) is 2.92. The van der Waals surface area contributed by atoms with Crippen LogP contribution in [0.15, 0.2) is 153 Å². The maximum atomic E-state index is 2.45. The van der Waals surface area contributed by atoms with Crippen molar-refractivity contribution < 1.29 is 0 Å². The number of benzene rings is 5. The Morgan fingerprint density at radius 1 is 0.472 bits per heavy atom. The second-order valence-corrected chi connectivity index (χ2v) is 13.4. The maximum absolute atomic E-state index is 2.45. The van der Waals surface area contributed by atoms with E-state index in [1.165, 1.54) is 42.2 Å². The van der Waals surface area contributed by atoms with Crippen LogP contribution in [0.4, 0.5) is 17.1 Å². The van der Waals surface area contributed by atoms with Crippen LogP contribution < -0.4 is 4.90 Å². The van der Waals surface area contributed by atoms with Gasteiger partial charge in [-0.25, -0.2) is 0 Å². The molecule has 36 heavy (non-hydrogen) atoms. The molecule has 1 heterocycles. The second-order valence-electron chi connectivity index (χ2n) is 10.3. The van der Waals surface area contributed by atoms with Crippen molar-refractivity contribution in [2.45, 2.75) is 45.8 Å². The molecule has 0 aromatic heterocycles. The van der Waals surface area contributed by atoms with Crippen LogP contribution in [0.3, 0.4) is 0 Å². The number of nitrogens with zero attached hydrogens (tertiary/aromatic N) is 1. The summed E-state index contributed by atoms with van der Waals surface area (Å²) in [7, 11) is -1.69. The fourth-order valence-corrected chi connectivity index (χ4v) is 9.50. The minimum absolute atomic E-state index is 0.121. The maximum Gasteiger partial charge on any atom is 0.0592 e. The summed E-state index contributed by atoms with van der Waals surface area (Å²) < 4.78 is 0. The minimum atomic E-state index is -1.69. The van der Waals surface area contributed by atoms with Crippen molar-refractivity contribution >= 4 is 27.1 Å². The van der Waals surface area contributed by atoms with E-state index in [1.54, 1.807) is 0 Å². The summed E-state index contributed by atoms with van der Waals surface area (Å²) >= 11 is 0. The lowest BCUT2D eigenvalue weighted by Gasteiger charge is -2.49. The second kappa shape index (κ2) is 8.72. The zero-order valence-electron chi connectivity index (χ0n) is 21.1. The highest BCUT2D eigenvalue weighted by Crippen LogP contribution is 2.79. The van der Waals surface area contributed by atoms with E-state index in [0.29, 0.717) is 0 Å². The molecular formula is C34H31NS. The van der Waals surface area contributed by atoms with Gasteiger partial charge in [0, 0.05) is 25.3 Å². The lowest BCUT2D eigenvalue weighted by atomic mass is 9.87. The number of hydrogen-bond acceptors (Lipinski definition) is 1. The molecule has 178 valence electrons. The summed E-state index contributed by atoms with van der Waals surface area (Å²) in [6.45, 7) is 6.81. The normalized spacial score (nSPS) is 15.0. The van der Waals surface area contributed by atoms with Crippen LogP contribution in [0.25, 0.3) is 0 Å². The van der Waals surface area contributed by atoms with Crippen molar-refractivity contribution in [1.82, 2.24) is 0 Å². The van der Waals surface area contributed by atoms with Crippen LogP contribution in [-0.2, 0) is 5.41 Å². The Morgan fingerprint density at radius 2 is 0.889 bits per heavy atom. The standard InChI is InChI=1S/C34H31NS/c1-34(2,3)26-22-24-27(25-23-26)35-30-18-10-12-20-32(30)36(28-14-6-4-7-15-28,29-16-8-5-9-17-29)33-21-13-11-19-31(33)35/h4-25H,1-3H3. The Hall–Kier alpha value is -3.75. The van der Waals surface area contributed by atoms with Crippen LogP contribution in [0.1, 0.15) is 26.3 Å². The highest BCUT2D eigenvalue weighted by molar-refractivity contribution is 8.34. The first kappa shape index (κ1) is 22.7. The Balaban J connectivity index is 1.68. The van der Waals surface area contributed by atoms with E-state index in [1.807, 2.05) is 0 Å². The fourth-order valence-electron chi connectivity index (χ4n) is 5.33. The summed E-state index contributed by atoms with van der Waals surface area (Å²) in [5.41, 5.74) is 5.16. The summed E-state index contributed by atoms with van der Waals surface area (Å²) in [6.07, 6.45) is 0. The number of fused-ring (bicyclic) bond motifs is 2. The van der Waals surface area contributed by atoms with Gasteiger partial charge in [0.2, 0.25) is 0 Å². The van der Waals surface area contributed by atoms with Gasteiger partial charge in [-0.3, -0.25) is 0 Å². The molecule has 5 aromatic rings. The van der Waals surface area contributed by atoms with E-state index in [4.69, 9.17) is 0 Å². The van der Waals surface area contributed by atoms with E-state index >= 15 is 0 Å². The van der Waals surface area contributed by atoms with E-state index in [9.17, 15) is 0 Å². The SMILES string of the molecule is CC(C)(C)c1ccc(N2c3ccccc3S(c3ccccc3)(c3ccccc3)c3ccccc32)cc1. The molecule has 0 N–H and O–H groups in total. The summed E-state index contributed by atoms with van der Waals surface area (Å²) in [5.74, 6) is 0. The predicted octanol–water partition coefficient (Wildman–Crippen LogP) is 10.1. The Kier molecular flexibility index (Phi) is 5.50. The topological polar surface area (TPSA) is 3.24 Å². The van der Waals surface area contributed by atoms with Crippen LogP contribution in [-0.4, -0.2) is 0 Å². The molecule has 1 aliphatic rings. The molecule has 6 rings (SSSR count). The van der Waals surface area contributed by atoms with E-state index in [-0.39, 0.29) is 5.41 Å². The van der Waals surface area contributed by atoms with Gasteiger partial charge in [0.1, 0.15) is 0 Å². The summed E-state index contributed by atoms with van der Waals surface area (Å²) in [5, 5.41) is 0. The van der Waals surface area contributed by atoms with Gasteiger partial charge < -0.3 is 4.90 Å². The van der Waals surface area contributed by atoms with Gasteiger partial charge >= 0.3 is 0 Å². The van der Waals surface area contributed by atoms with Crippen molar-refractivity contribution in [2.75, 3.05) is 4.90 Å². The van der Waals surface area contributed by atoms with E-state index < -0.39 is 10.0 Å². The third kappa shape index (κ3) is 3.48. The Morgan fingerprint density at radius 3 is 1.33 bits per heavy atom.